The number of hydrogen-bond donors (Lipinski definition) is 1. The largest absolute Gasteiger partial charge is 0.320 e. The molecular formula is C12H14N2O2S. The summed E-state index contributed by atoms with van der Waals surface area (Å²) in [6.07, 6.45) is 1.71. The van der Waals surface area contributed by atoms with Crippen molar-refractivity contribution in [3.05, 3.63) is 33.4 Å². The molecule has 1 aromatic carbocycles. The van der Waals surface area contributed by atoms with Crippen LogP contribution in [0.3, 0.4) is 0 Å². The minimum absolute atomic E-state index is 0.0409. The number of aryl methyl sites for hydroxylation is 1. The van der Waals surface area contributed by atoms with Crippen LogP contribution in [0.4, 0.5) is 0 Å². The molecule has 0 atom stereocenters. The van der Waals surface area contributed by atoms with Crippen molar-refractivity contribution in [3.63, 3.8) is 0 Å². The van der Waals surface area contributed by atoms with Crippen molar-refractivity contribution in [1.29, 1.82) is 0 Å². The van der Waals surface area contributed by atoms with Crippen LogP contribution in [0.15, 0.2) is 23.0 Å². The minimum atomic E-state index is 0.0409. The van der Waals surface area contributed by atoms with Gasteiger partial charge in [-0.05, 0) is 38.2 Å². The average molecular weight is 250 g/mol. The molecule has 0 radical (unpaired) electrons. The summed E-state index contributed by atoms with van der Waals surface area (Å²) in [6.45, 7) is 1.59. The molecular weight excluding hydrogens is 236 g/mol. The highest BCUT2D eigenvalue weighted by molar-refractivity contribution is 7.16. The lowest BCUT2D eigenvalue weighted by molar-refractivity contribution is 0.112. The van der Waals surface area contributed by atoms with Gasteiger partial charge in [-0.1, -0.05) is 11.3 Å². The Kier molecular flexibility index (Phi) is 3.71. The fourth-order valence-corrected chi connectivity index (χ4v) is 2.75. The van der Waals surface area contributed by atoms with Crippen molar-refractivity contribution >= 4 is 27.8 Å². The third kappa shape index (κ3) is 2.45. The summed E-state index contributed by atoms with van der Waals surface area (Å²) in [5.41, 5.74) is 1.53. The van der Waals surface area contributed by atoms with Gasteiger partial charge in [-0.2, -0.15) is 0 Å². The van der Waals surface area contributed by atoms with Gasteiger partial charge in [0.05, 0.1) is 10.2 Å². The molecule has 0 saturated heterocycles. The smallest absolute Gasteiger partial charge is 0.308 e. The number of nitrogens with one attached hydrogen (secondary N) is 1. The lowest BCUT2D eigenvalue weighted by atomic mass is 10.2. The molecule has 1 heterocycles. The first-order chi connectivity index (χ1) is 8.26. The molecule has 2 rings (SSSR count). The van der Waals surface area contributed by atoms with Crippen molar-refractivity contribution in [2.24, 2.45) is 0 Å². The maximum Gasteiger partial charge on any atom is 0.308 e. The first kappa shape index (κ1) is 12.0. The van der Waals surface area contributed by atoms with Gasteiger partial charge in [-0.25, -0.2) is 0 Å². The Labute approximate surface area is 103 Å². The maximum absolute atomic E-state index is 11.8. The van der Waals surface area contributed by atoms with Crippen LogP contribution in [0.5, 0.6) is 0 Å². The van der Waals surface area contributed by atoms with Crippen molar-refractivity contribution in [3.8, 4) is 0 Å². The summed E-state index contributed by atoms with van der Waals surface area (Å²) in [5, 5.41) is 3.06. The Hall–Kier alpha value is -1.46. The van der Waals surface area contributed by atoms with Gasteiger partial charge >= 0.3 is 4.87 Å². The molecule has 2 aromatic rings. The number of benzene rings is 1. The molecule has 5 heteroatoms. The topological polar surface area (TPSA) is 51.1 Å². The standard InChI is InChI=1S/C12H14N2O2S/c1-13-5-2-6-14-10-4-3-9(8-15)7-11(10)17-12(14)16/h3-4,7-8,13H,2,5-6H2,1H3. The second-order valence-electron chi connectivity index (χ2n) is 3.82. The molecule has 0 amide bonds. The van der Waals surface area contributed by atoms with E-state index >= 15 is 0 Å². The molecule has 0 aliphatic carbocycles. The Morgan fingerprint density at radius 3 is 3.00 bits per heavy atom. The zero-order valence-electron chi connectivity index (χ0n) is 9.60. The van der Waals surface area contributed by atoms with E-state index in [9.17, 15) is 9.59 Å². The summed E-state index contributed by atoms with van der Waals surface area (Å²) in [7, 11) is 1.89. The van der Waals surface area contributed by atoms with Gasteiger partial charge in [0.25, 0.3) is 0 Å². The Morgan fingerprint density at radius 1 is 1.47 bits per heavy atom. The van der Waals surface area contributed by atoms with E-state index in [-0.39, 0.29) is 4.87 Å². The van der Waals surface area contributed by atoms with Crippen LogP contribution in [0.2, 0.25) is 0 Å². The third-order valence-corrected chi connectivity index (χ3v) is 3.58. The number of nitrogens with zero attached hydrogens (tertiary/aromatic N) is 1. The van der Waals surface area contributed by atoms with Crippen molar-refractivity contribution in [1.82, 2.24) is 9.88 Å². The lowest BCUT2D eigenvalue weighted by Gasteiger charge is -2.03. The number of carbonyl (C=O) groups is 1. The fourth-order valence-electron chi connectivity index (χ4n) is 1.78. The highest BCUT2D eigenvalue weighted by Gasteiger charge is 2.07. The molecule has 0 unspecified atom stereocenters. The van der Waals surface area contributed by atoms with Crippen LogP contribution in [0.1, 0.15) is 16.8 Å². The number of carbonyl (C=O) groups excluding carboxylic acids is 1. The van der Waals surface area contributed by atoms with Crippen LogP contribution in [-0.2, 0) is 6.54 Å². The molecule has 0 saturated carbocycles. The van der Waals surface area contributed by atoms with E-state index in [0.29, 0.717) is 12.1 Å². The van der Waals surface area contributed by atoms with E-state index in [4.69, 9.17) is 0 Å². The van der Waals surface area contributed by atoms with E-state index < -0.39 is 0 Å². The zero-order chi connectivity index (χ0) is 12.3. The molecule has 0 bridgehead atoms. The summed E-state index contributed by atoms with van der Waals surface area (Å²) in [6, 6.07) is 5.36. The van der Waals surface area contributed by atoms with E-state index in [1.165, 1.54) is 11.3 Å². The van der Waals surface area contributed by atoms with Gasteiger partial charge in [-0.3, -0.25) is 14.2 Å². The molecule has 0 aliphatic heterocycles. The number of aldehydes is 1. The molecule has 4 nitrogen and oxygen atoms in total. The normalized spacial score (nSPS) is 10.9. The second-order valence-corrected chi connectivity index (χ2v) is 4.81. The predicted molar refractivity (Wildman–Crippen MR) is 70.0 cm³/mol. The average Bonchev–Trinajstić information content (AvgIpc) is 2.65. The van der Waals surface area contributed by atoms with Crippen LogP contribution < -0.4 is 10.2 Å². The predicted octanol–water partition coefficient (Wildman–Crippen LogP) is 1.49. The Bertz CT molecular complexity index is 586. The SMILES string of the molecule is CNCCCn1c(=O)sc2cc(C=O)ccc21. The van der Waals surface area contributed by atoms with Crippen molar-refractivity contribution < 1.29 is 4.79 Å². The van der Waals surface area contributed by atoms with Crippen molar-refractivity contribution in [2.45, 2.75) is 13.0 Å². The summed E-state index contributed by atoms with van der Waals surface area (Å²) >= 11 is 1.19. The van der Waals surface area contributed by atoms with Gasteiger partial charge in [-0.15, -0.1) is 0 Å². The Balaban J connectivity index is 2.38. The molecule has 1 N–H and O–H groups in total. The summed E-state index contributed by atoms with van der Waals surface area (Å²) in [4.78, 5) is 22.5. The fraction of sp³-hybridized carbons (Fsp3) is 0.333. The third-order valence-electron chi connectivity index (χ3n) is 2.64. The van der Waals surface area contributed by atoms with Gasteiger partial charge in [0.15, 0.2) is 0 Å². The number of rotatable bonds is 5. The summed E-state index contributed by atoms with van der Waals surface area (Å²) in [5.74, 6) is 0. The lowest BCUT2D eigenvalue weighted by Crippen LogP contribution is -2.17. The van der Waals surface area contributed by atoms with E-state index in [2.05, 4.69) is 5.32 Å². The number of aromatic nitrogens is 1. The van der Waals surface area contributed by atoms with Crippen LogP contribution in [0, 0.1) is 0 Å². The van der Waals surface area contributed by atoms with Crippen molar-refractivity contribution in [2.75, 3.05) is 13.6 Å². The molecule has 17 heavy (non-hydrogen) atoms. The number of hydrogen-bond acceptors (Lipinski definition) is 4. The van der Waals surface area contributed by atoms with Gasteiger partial charge in [0.2, 0.25) is 0 Å². The van der Waals surface area contributed by atoms with E-state index in [0.717, 1.165) is 29.5 Å². The van der Waals surface area contributed by atoms with Gasteiger partial charge in [0.1, 0.15) is 6.29 Å². The van der Waals surface area contributed by atoms with Gasteiger partial charge in [0, 0.05) is 12.1 Å². The summed E-state index contributed by atoms with van der Waals surface area (Å²) < 4.78 is 2.65. The molecule has 90 valence electrons. The number of fused-ring (bicyclic) bond motifs is 1. The molecule has 0 spiro atoms. The number of thiazole rings is 1. The van der Waals surface area contributed by atoms with Crippen LogP contribution >= 0.6 is 11.3 Å². The highest BCUT2D eigenvalue weighted by atomic mass is 32.1. The molecule has 0 aliphatic rings. The quantitative estimate of drug-likeness (QED) is 0.646. The molecule has 1 aromatic heterocycles. The monoisotopic (exact) mass is 250 g/mol. The van der Waals surface area contributed by atoms with Crippen LogP contribution in [0.25, 0.3) is 10.2 Å². The highest BCUT2D eigenvalue weighted by Crippen LogP contribution is 2.18. The van der Waals surface area contributed by atoms with E-state index in [1.54, 1.807) is 16.7 Å². The second kappa shape index (κ2) is 5.25. The zero-order valence-corrected chi connectivity index (χ0v) is 10.4. The molecule has 0 fully saturated rings. The van der Waals surface area contributed by atoms with Crippen LogP contribution in [-0.4, -0.2) is 24.4 Å². The maximum atomic E-state index is 11.8. The Morgan fingerprint density at radius 2 is 2.29 bits per heavy atom. The van der Waals surface area contributed by atoms with E-state index in [1.807, 2.05) is 13.1 Å². The first-order valence-corrected chi connectivity index (χ1v) is 6.31. The first-order valence-electron chi connectivity index (χ1n) is 5.49. The van der Waals surface area contributed by atoms with Gasteiger partial charge < -0.3 is 5.32 Å². The minimum Gasteiger partial charge on any atom is -0.320 e.